The van der Waals surface area contributed by atoms with E-state index in [0.717, 1.165) is 37.0 Å². The summed E-state index contributed by atoms with van der Waals surface area (Å²) in [6, 6.07) is 4.55. The molecule has 0 radical (unpaired) electrons. The fourth-order valence-corrected chi connectivity index (χ4v) is 3.84. The highest BCUT2D eigenvalue weighted by molar-refractivity contribution is 6.42. The molecule has 6 heteroatoms. The maximum atomic E-state index is 12.7. The van der Waals surface area contributed by atoms with E-state index in [4.69, 9.17) is 23.2 Å². The highest BCUT2D eigenvalue weighted by Crippen LogP contribution is 2.45. The van der Waals surface area contributed by atoms with Gasteiger partial charge in [0, 0.05) is 12.0 Å². The van der Waals surface area contributed by atoms with Gasteiger partial charge in [0.15, 0.2) is 5.78 Å². The SMILES string of the molecule is O=C(CN1C(=O)CC2(CCCCC2)C1=O)c1ccc(Cl)c(Cl)c1. The van der Waals surface area contributed by atoms with Crippen LogP contribution in [-0.4, -0.2) is 29.0 Å². The number of amides is 2. The number of benzene rings is 1. The van der Waals surface area contributed by atoms with Gasteiger partial charge in [-0.2, -0.15) is 0 Å². The van der Waals surface area contributed by atoms with E-state index >= 15 is 0 Å². The van der Waals surface area contributed by atoms with Crippen molar-refractivity contribution < 1.29 is 14.4 Å². The second-order valence-electron chi connectivity index (χ2n) is 6.35. The van der Waals surface area contributed by atoms with Crippen molar-refractivity contribution in [3.63, 3.8) is 0 Å². The fourth-order valence-electron chi connectivity index (χ4n) is 3.54. The summed E-state index contributed by atoms with van der Waals surface area (Å²) >= 11 is 11.8. The Bertz CT molecular complexity index is 680. The van der Waals surface area contributed by atoms with E-state index in [9.17, 15) is 14.4 Å². The van der Waals surface area contributed by atoms with Crippen molar-refractivity contribution in [2.24, 2.45) is 5.41 Å². The van der Waals surface area contributed by atoms with Gasteiger partial charge in [-0.05, 0) is 31.0 Å². The maximum absolute atomic E-state index is 12.7. The van der Waals surface area contributed by atoms with Gasteiger partial charge in [-0.25, -0.2) is 0 Å². The lowest BCUT2D eigenvalue weighted by Crippen LogP contribution is -2.39. The standard InChI is InChI=1S/C17H17Cl2NO3/c18-12-5-4-11(8-13(12)19)14(21)10-20-15(22)9-17(16(20)23)6-2-1-3-7-17/h4-5,8H,1-3,6-7,9-10H2. The van der Waals surface area contributed by atoms with Crippen LogP contribution in [0.4, 0.5) is 0 Å². The van der Waals surface area contributed by atoms with Crippen LogP contribution in [0.3, 0.4) is 0 Å². The molecule has 122 valence electrons. The van der Waals surface area contributed by atoms with Crippen molar-refractivity contribution in [3.8, 4) is 0 Å². The molecule has 1 spiro atoms. The first kappa shape index (κ1) is 16.5. The number of hydrogen-bond acceptors (Lipinski definition) is 3. The summed E-state index contributed by atoms with van der Waals surface area (Å²) in [5.41, 5.74) is -0.211. The number of imide groups is 1. The Balaban J connectivity index is 1.76. The Morgan fingerprint density at radius 2 is 1.78 bits per heavy atom. The van der Waals surface area contributed by atoms with Crippen LogP contribution in [-0.2, 0) is 9.59 Å². The molecule has 2 aliphatic rings. The minimum absolute atomic E-state index is 0.185. The Labute approximate surface area is 144 Å². The van der Waals surface area contributed by atoms with Crippen LogP contribution < -0.4 is 0 Å². The van der Waals surface area contributed by atoms with Gasteiger partial charge >= 0.3 is 0 Å². The quantitative estimate of drug-likeness (QED) is 0.611. The molecule has 0 atom stereocenters. The molecule has 2 amide bonds. The van der Waals surface area contributed by atoms with E-state index in [0.29, 0.717) is 10.6 Å². The first-order chi connectivity index (χ1) is 10.9. The number of nitrogens with zero attached hydrogens (tertiary/aromatic N) is 1. The molecule has 1 saturated heterocycles. The van der Waals surface area contributed by atoms with Crippen LogP contribution in [0, 0.1) is 5.41 Å². The molecule has 1 saturated carbocycles. The van der Waals surface area contributed by atoms with Gasteiger partial charge < -0.3 is 0 Å². The number of ketones is 1. The summed E-state index contributed by atoms with van der Waals surface area (Å²) in [5, 5.41) is 0.637. The molecule has 1 heterocycles. The van der Waals surface area contributed by atoms with E-state index in [-0.39, 0.29) is 35.6 Å². The molecule has 1 aromatic carbocycles. The van der Waals surface area contributed by atoms with Gasteiger partial charge in [0.2, 0.25) is 11.8 Å². The van der Waals surface area contributed by atoms with Crippen molar-refractivity contribution >= 4 is 40.8 Å². The fraction of sp³-hybridized carbons (Fsp3) is 0.471. The smallest absolute Gasteiger partial charge is 0.236 e. The lowest BCUT2D eigenvalue weighted by molar-refractivity contribution is -0.141. The molecule has 3 rings (SSSR count). The van der Waals surface area contributed by atoms with Crippen molar-refractivity contribution in [2.45, 2.75) is 38.5 Å². The third kappa shape index (κ3) is 3.02. The van der Waals surface area contributed by atoms with Crippen LogP contribution in [0.1, 0.15) is 48.9 Å². The average Bonchev–Trinajstić information content (AvgIpc) is 2.75. The van der Waals surface area contributed by atoms with Crippen LogP contribution in [0.2, 0.25) is 10.0 Å². The van der Waals surface area contributed by atoms with E-state index in [1.165, 1.54) is 12.1 Å². The van der Waals surface area contributed by atoms with Gasteiger partial charge in [-0.3, -0.25) is 19.3 Å². The zero-order valence-electron chi connectivity index (χ0n) is 12.6. The molecular weight excluding hydrogens is 337 g/mol. The number of rotatable bonds is 3. The molecule has 1 aliphatic carbocycles. The van der Waals surface area contributed by atoms with Gasteiger partial charge in [-0.1, -0.05) is 42.5 Å². The monoisotopic (exact) mass is 353 g/mol. The second kappa shape index (κ2) is 6.25. The molecule has 0 unspecified atom stereocenters. The minimum atomic E-state index is -0.562. The van der Waals surface area contributed by atoms with Gasteiger partial charge in [-0.15, -0.1) is 0 Å². The van der Waals surface area contributed by atoms with Crippen LogP contribution in [0.15, 0.2) is 18.2 Å². The molecule has 1 aliphatic heterocycles. The normalized spacial score (nSPS) is 20.3. The third-order valence-electron chi connectivity index (χ3n) is 4.84. The zero-order valence-corrected chi connectivity index (χ0v) is 14.1. The number of Topliss-reactive ketones (excluding diaryl/α,β-unsaturated/α-hetero) is 1. The lowest BCUT2D eigenvalue weighted by atomic mass is 9.73. The first-order valence-corrected chi connectivity index (χ1v) is 8.52. The Hall–Kier alpha value is -1.39. The highest BCUT2D eigenvalue weighted by Gasteiger charge is 2.51. The van der Waals surface area contributed by atoms with Crippen LogP contribution in [0.5, 0.6) is 0 Å². The second-order valence-corrected chi connectivity index (χ2v) is 7.17. The van der Waals surface area contributed by atoms with Crippen LogP contribution in [0.25, 0.3) is 0 Å². The topological polar surface area (TPSA) is 54.5 Å². The molecule has 0 aromatic heterocycles. The van der Waals surface area contributed by atoms with Gasteiger partial charge in [0.1, 0.15) is 0 Å². The van der Waals surface area contributed by atoms with E-state index in [1.807, 2.05) is 0 Å². The van der Waals surface area contributed by atoms with E-state index < -0.39 is 5.41 Å². The largest absolute Gasteiger partial charge is 0.292 e. The first-order valence-electron chi connectivity index (χ1n) is 7.76. The molecular formula is C17H17Cl2NO3. The average molecular weight is 354 g/mol. The maximum Gasteiger partial charge on any atom is 0.236 e. The molecule has 0 bridgehead atoms. The summed E-state index contributed by atoms with van der Waals surface area (Å²) in [5.74, 6) is -0.737. The molecule has 0 N–H and O–H groups in total. The zero-order chi connectivity index (χ0) is 16.6. The minimum Gasteiger partial charge on any atom is -0.292 e. The Morgan fingerprint density at radius 3 is 2.43 bits per heavy atom. The summed E-state index contributed by atoms with van der Waals surface area (Å²) in [6.07, 6.45) is 4.76. The number of carbonyl (C=O) groups is 3. The molecule has 23 heavy (non-hydrogen) atoms. The lowest BCUT2D eigenvalue weighted by Gasteiger charge is -2.30. The van der Waals surface area contributed by atoms with E-state index in [2.05, 4.69) is 0 Å². The summed E-state index contributed by atoms with van der Waals surface area (Å²) < 4.78 is 0. The molecule has 1 aromatic rings. The molecule has 4 nitrogen and oxygen atoms in total. The van der Waals surface area contributed by atoms with Crippen molar-refractivity contribution in [2.75, 3.05) is 6.54 Å². The number of carbonyl (C=O) groups excluding carboxylic acids is 3. The van der Waals surface area contributed by atoms with Crippen LogP contribution >= 0.6 is 23.2 Å². The Morgan fingerprint density at radius 1 is 1.09 bits per heavy atom. The van der Waals surface area contributed by atoms with Crippen molar-refractivity contribution in [1.29, 1.82) is 0 Å². The van der Waals surface area contributed by atoms with E-state index in [1.54, 1.807) is 6.07 Å². The van der Waals surface area contributed by atoms with Crippen molar-refractivity contribution in [1.82, 2.24) is 4.90 Å². The predicted molar refractivity (Wildman–Crippen MR) is 87.6 cm³/mol. The summed E-state index contributed by atoms with van der Waals surface area (Å²) in [4.78, 5) is 38.4. The van der Waals surface area contributed by atoms with Gasteiger partial charge in [0.25, 0.3) is 0 Å². The summed E-state index contributed by atoms with van der Waals surface area (Å²) in [6.45, 7) is -0.225. The van der Waals surface area contributed by atoms with Crippen molar-refractivity contribution in [3.05, 3.63) is 33.8 Å². The third-order valence-corrected chi connectivity index (χ3v) is 5.58. The summed E-state index contributed by atoms with van der Waals surface area (Å²) in [7, 11) is 0. The Kier molecular flexibility index (Phi) is 4.47. The van der Waals surface area contributed by atoms with Gasteiger partial charge in [0.05, 0.1) is 22.0 Å². The predicted octanol–water partition coefficient (Wildman–Crippen LogP) is 3.89. The number of hydrogen-bond donors (Lipinski definition) is 0. The highest BCUT2D eigenvalue weighted by atomic mass is 35.5. The number of halogens is 2. The molecule has 2 fully saturated rings. The number of likely N-dealkylation sites (tertiary alicyclic amines) is 1.